The highest BCUT2D eigenvalue weighted by molar-refractivity contribution is 5.69. The zero-order valence-corrected chi connectivity index (χ0v) is 9.61. The van der Waals surface area contributed by atoms with E-state index < -0.39 is 5.97 Å². The van der Waals surface area contributed by atoms with E-state index in [0.717, 1.165) is 25.6 Å². The molecule has 0 bridgehead atoms. The first-order valence-corrected chi connectivity index (χ1v) is 6.39. The van der Waals surface area contributed by atoms with Gasteiger partial charge in [0.05, 0.1) is 12.0 Å². The summed E-state index contributed by atoms with van der Waals surface area (Å²) in [5.41, 5.74) is -0.0599. The van der Waals surface area contributed by atoms with Crippen LogP contribution >= 0.6 is 0 Å². The maximum absolute atomic E-state index is 11.0. The molecule has 0 amide bonds. The first-order chi connectivity index (χ1) is 7.70. The zero-order chi connectivity index (χ0) is 11.2. The van der Waals surface area contributed by atoms with Crippen molar-refractivity contribution in [3.8, 4) is 0 Å². The predicted octanol–water partition coefficient (Wildman–Crippen LogP) is 0.678. The van der Waals surface area contributed by atoms with Crippen LogP contribution in [-0.4, -0.2) is 47.2 Å². The Balaban J connectivity index is 1.70. The van der Waals surface area contributed by atoms with E-state index in [1.165, 1.54) is 25.7 Å². The number of hydrogen-bond acceptors (Lipinski definition) is 3. The van der Waals surface area contributed by atoms with Gasteiger partial charge in [-0.05, 0) is 31.6 Å². The third-order valence-corrected chi connectivity index (χ3v) is 4.14. The van der Waals surface area contributed by atoms with E-state index in [1.54, 1.807) is 0 Å². The molecule has 2 N–H and O–H groups in total. The second kappa shape index (κ2) is 3.70. The van der Waals surface area contributed by atoms with Crippen molar-refractivity contribution in [3.63, 3.8) is 0 Å². The van der Waals surface area contributed by atoms with Crippen LogP contribution in [0.15, 0.2) is 0 Å². The lowest BCUT2D eigenvalue weighted by atomic mass is 9.85. The van der Waals surface area contributed by atoms with E-state index >= 15 is 0 Å². The van der Waals surface area contributed by atoms with Gasteiger partial charge in [0.2, 0.25) is 0 Å². The highest BCUT2D eigenvalue weighted by Crippen LogP contribution is 2.41. The Morgan fingerprint density at radius 3 is 2.38 bits per heavy atom. The summed E-state index contributed by atoms with van der Waals surface area (Å²) >= 11 is 0. The number of carbonyl (C=O) groups is 1. The molecule has 1 heterocycles. The highest BCUT2D eigenvalue weighted by Gasteiger charge is 2.50. The van der Waals surface area contributed by atoms with Crippen molar-refractivity contribution >= 4 is 5.97 Å². The quantitative estimate of drug-likeness (QED) is 0.696. The molecule has 0 unspecified atom stereocenters. The molecule has 0 aromatic carbocycles. The van der Waals surface area contributed by atoms with Crippen LogP contribution < -0.4 is 5.32 Å². The third kappa shape index (κ3) is 1.96. The maximum atomic E-state index is 11.0. The van der Waals surface area contributed by atoms with Crippen LogP contribution in [0.5, 0.6) is 0 Å². The van der Waals surface area contributed by atoms with Gasteiger partial charge in [-0.3, -0.25) is 9.69 Å². The first-order valence-electron chi connectivity index (χ1n) is 6.39. The molecule has 16 heavy (non-hydrogen) atoms. The molecule has 4 nitrogen and oxygen atoms in total. The Morgan fingerprint density at radius 2 is 2.00 bits per heavy atom. The molecular weight excluding hydrogens is 204 g/mol. The maximum Gasteiger partial charge on any atom is 0.305 e. The SMILES string of the molecule is O=C(O)CC1(N(CC2CC2)C2CC2)CNC1. The van der Waals surface area contributed by atoms with Crippen LogP contribution in [0.4, 0.5) is 0 Å². The molecule has 1 aliphatic heterocycles. The van der Waals surface area contributed by atoms with Gasteiger partial charge in [-0.15, -0.1) is 0 Å². The Hall–Kier alpha value is -0.610. The lowest BCUT2D eigenvalue weighted by Gasteiger charge is -2.50. The van der Waals surface area contributed by atoms with E-state index in [1.807, 2.05) is 0 Å². The number of hydrogen-bond donors (Lipinski definition) is 2. The molecule has 0 aromatic heterocycles. The predicted molar refractivity (Wildman–Crippen MR) is 60.3 cm³/mol. The monoisotopic (exact) mass is 224 g/mol. The molecule has 1 saturated heterocycles. The summed E-state index contributed by atoms with van der Waals surface area (Å²) in [6, 6.07) is 0.682. The number of carboxylic acids is 1. The Morgan fingerprint density at radius 1 is 1.31 bits per heavy atom. The van der Waals surface area contributed by atoms with Crippen molar-refractivity contribution < 1.29 is 9.90 Å². The van der Waals surface area contributed by atoms with Gasteiger partial charge in [-0.25, -0.2) is 0 Å². The molecule has 3 aliphatic rings. The minimum absolute atomic E-state index is 0.0599. The van der Waals surface area contributed by atoms with Crippen molar-refractivity contribution in [2.75, 3.05) is 19.6 Å². The van der Waals surface area contributed by atoms with E-state index in [4.69, 9.17) is 5.11 Å². The van der Waals surface area contributed by atoms with Crippen molar-refractivity contribution in [2.24, 2.45) is 5.92 Å². The number of aliphatic carboxylic acids is 1. The summed E-state index contributed by atoms with van der Waals surface area (Å²) < 4.78 is 0. The van der Waals surface area contributed by atoms with Gasteiger partial charge in [0, 0.05) is 25.7 Å². The minimum atomic E-state index is -0.650. The van der Waals surface area contributed by atoms with Crippen LogP contribution in [0.1, 0.15) is 32.1 Å². The summed E-state index contributed by atoms with van der Waals surface area (Å²) in [5, 5.41) is 12.3. The smallest absolute Gasteiger partial charge is 0.305 e. The molecule has 3 fully saturated rings. The Kier molecular flexibility index (Phi) is 2.44. The highest BCUT2D eigenvalue weighted by atomic mass is 16.4. The lowest BCUT2D eigenvalue weighted by molar-refractivity contribution is -0.142. The molecule has 0 aromatic rings. The second-order valence-corrected chi connectivity index (χ2v) is 5.73. The van der Waals surface area contributed by atoms with E-state index in [9.17, 15) is 4.79 Å². The van der Waals surface area contributed by atoms with Crippen molar-refractivity contribution in [1.82, 2.24) is 10.2 Å². The van der Waals surface area contributed by atoms with Gasteiger partial charge in [0.15, 0.2) is 0 Å². The molecule has 0 atom stereocenters. The average molecular weight is 224 g/mol. The fourth-order valence-electron chi connectivity index (χ4n) is 2.82. The fraction of sp³-hybridized carbons (Fsp3) is 0.917. The second-order valence-electron chi connectivity index (χ2n) is 5.73. The van der Waals surface area contributed by atoms with Gasteiger partial charge in [-0.2, -0.15) is 0 Å². The lowest BCUT2D eigenvalue weighted by Crippen LogP contribution is -2.70. The van der Waals surface area contributed by atoms with Gasteiger partial charge in [0.1, 0.15) is 0 Å². The standard InChI is InChI=1S/C12H20N2O2/c15-11(16)5-12(7-13-8-12)14(10-3-4-10)6-9-1-2-9/h9-10,13H,1-8H2,(H,15,16). The molecule has 0 radical (unpaired) electrons. The van der Waals surface area contributed by atoms with E-state index in [-0.39, 0.29) is 5.54 Å². The van der Waals surface area contributed by atoms with E-state index in [0.29, 0.717) is 12.5 Å². The fourth-order valence-corrected chi connectivity index (χ4v) is 2.82. The van der Waals surface area contributed by atoms with Gasteiger partial charge in [-0.1, -0.05) is 0 Å². The number of nitrogens with one attached hydrogen (secondary N) is 1. The van der Waals surface area contributed by atoms with Crippen LogP contribution in [0.25, 0.3) is 0 Å². The van der Waals surface area contributed by atoms with E-state index in [2.05, 4.69) is 10.2 Å². The molecule has 2 saturated carbocycles. The molecule has 0 spiro atoms. The number of rotatable bonds is 6. The molecule has 90 valence electrons. The van der Waals surface area contributed by atoms with Gasteiger partial charge < -0.3 is 10.4 Å². The number of nitrogens with zero attached hydrogens (tertiary/aromatic N) is 1. The summed E-state index contributed by atoms with van der Waals surface area (Å²) in [4.78, 5) is 13.5. The minimum Gasteiger partial charge on any atom is -0.481 e. The van der Waals surface area contributed by atoms with Crippen LogP contribution in [0.2, 0.25) is 0 Å². The average Bonchev–Trinajstić information content (AvgIpc) is 2.96. The van der Waals surface area contributed by atoms with Crippen LogP contribution in [-0.2, 0) is 4.79 Å². The van der Waals surface area contributed by atoms with Crippen molar-refractivity contribution in [2.45, 2.75) is 43.7 Å². The van der Waals surface area contributed by atoms with Crippen molar-refractivity contribution in [3.05, 3.63) is 0 Å². The molecular formula is C12H20N2O2. The summed E-state index contributed by atoms with van der Waals surface area (Å²) in [6.45, 7) is 2.87. The van der Waals surface area contributed by atoms with Crippen LogP contribution in [0, 0.1) is 5.92 Å². The summed E-state index contributed by atoms with van der Waals surface area (Å²) in [7, 11) is 0. The Labute approximate surface area is 96.0 Å². The normalized spacial score (nSPS) is 27.8. The van der Waals surface area contributed by atoms with Gasteiger partial charge in [0.25, 0.3) is 0 Å². The largest absolute Gasteiger partial charge is 0.481 e. The molecule has 3 rings (SSSR count). The first kappa shape index (κ1) is 10.5. The molecule has 2 aliphatic carbocycles. The topological polar surface area (TPSA) is 52.6 Å². The van der Waals surface area contributed by atoms with Crippen LogP contribution in [0.3, 0.4) is 0 Å². The van der Waals surface area contributed by atoms with Crippen molar-refractivity contribution in [1.29, 1.82) is 0 Å². The zero-order valence-electron chi connectivity index (χ0n) is 9.61. The third-order valence-electron chi connectivity index (χ3n) is 4.14. The summed E-state index contributed by atoms with van der Waals surface area (Å²) in [6.07, 6.45) is 5.55. The number of carboxylic acid groups (broad SMARTS) is 1. The summed E-state index contributed by atoms with van der Waals surface area (Å²) in [5.74, 6) is 0.204. The Bertz CT molecular complexity index is 293. The molecule has 4 heteroatoms. The van der Waals surface area contributed by atoms with Gasteiger partial charge >= 0.3 is 5.97 Å².